The lowest BCUT2D eigenvalue weighted by atomic mass is 9.90. The molecule has 3 aliphatic heterocycles. The molecule has 8 heteroatoms. The molecular formula is C33H43N5O3. The van der Waals surface area contributed by atoms with Crippen molar-refractivity contribution in [3.8, 4) is 0 Å². The lowest BCUT2D eigenvalue weighted by Gasteiger charge is -2.44. The van der Waals surface area contributed by atoms with Crippen LogP contribution in [0.25, 0.3) is 10.9 Å². The first-order valence-corrected chi connectivity index (χ1v) is 15.2. The number of carbonyl (C=O) groups is 2. The zero-order valence-electron chi connectivity index (χ0n) is 24.6. The van der Waals surface area contributed by atoms with Crippen molar-refractivity contribution in [1.29, 1.82) is 0 Å². The van der Waals surface area contributed by atoms with Crippen molar-refractivity contribution in [1.82, 2.24) is 14.8 Å². The maximum atomic E-state index is 14.2. The van der Waals surface area contributed by atoms with Gasteiger partial charge in [-0.3, -0.25) is 9.69 Å². The number of nitrogens with one attached hydrogen (secondary N) is 1. The number of hydrogen-bond donors (Lipinski definition) is 1. The fourth-order valence-corrected chi connectivity index (χ4v) is 6.72. The Kier molecular flexibility index (Phi) is 7.68. The molecule has 2 saturated heterocycles. The first-order chi connectivity index (χ1) is 19.8. The number of para-hydroxylation sites is 1. The van der Waals surface area contributed by atoms with E-state index < -0.39 is 5.60 Å². The summed E-state index contributed by atoms with van der Waals surface area (Å²) >= 11 is 0. The molecule has 3 aromatic rings. The van der Waals surface area contributed by atoms with Crippen LogP contribution in [0.15, 0.2) is 54.7 Å². The Morgan fingerprint density at radius 2 is 1.61 bits per heavy atom. The molecule has 1 aromatic heterocycles. The smallest absolute Gasteiger partial charge is 0.410 e. The first kappa shape index (κ1) is 27.6. The maximum absolute atomic E-state index is 14.2. The minimum Gasteiger partial charge on any atom is -0.444 e. The van der Waals surface area contributed by atoms with Crippen LogP contribution in [-0.2, 0) is 16.0 Å². The Labute approximate surface area is 243 Å². The van der Waals surface area contributed by atoms with Gasteiger partial charge in [-0.05, 0) is 76.3 Å². The zero-order valence-corrected chi connectivity index (χ0v) is 24.6. The fourth-order valence-electron chi connectivity index (χ4n) is 6.72. The number of carbonyl (C=O) groups excluding carboxylic acids is 2. The molecule has 0 saturated carbocycles. The second kappa shape index (κ2) is 11.4. The van der Waals surface area contributed by atoms with Crippen LogP contribution in [0.4, 0.5) is 16.2 Å². The first-order valence-electron chi connectivity index (χ1n) is 15.2. The number of aromatic nitrogens is 1. The molecule has 6 rings (SSSR count). The number of hydrogen-bond acceptors (Lipinski definition) is 5. The number of likely N-dealkylation sites (tertiary alicyclic amines) is 1. The number of amides is 2. The third-order valence-corrected chi connectivity index (χ3v) is 8.85. The molecule has 0 aliphatic carbocycles. The van der Waals surface area contributed by atoms with E-state index in [0.717, 1.165) is 51.3 Å². The SMILES string of the molecule is CC(C)(C)OC(=O)N1CCC(C(=O)N2c3ccccc3CCC2CN2CCN(c3cccc4[nH]ccc34)CC2)CC1. The van der Waals surface area contributed by atoms with Gasteiger partial charge in [0.25, 0.3) is 0 Å². The number of piperazine rings is 1. The minimum atomic E-state index is -0.519. The highest BCUT2D eigenvalue weighted by Crippen LogP contribution is 2.35. The largest absolute Gasteiger partial charge is 0.444 e. The lowest BCUT2D eigenvalue weighted by Crippen LogP contribution is -2.56. The molecule has 0 bridgehead atoms. The van der Waals surface area contributed by atoms with E-state index in [2.05, 4.69) is 62.1 Å². The van der Waals surface area contributed by atoms with Crippen molar-refractivity contribution >= 4 is 34.3 Å². The van der Waals surface area contributed by atoms with Gasteiger partial charge in [0, 0.05) is 86.2 Å². The highest BCUT2D eigenvalue weighted by molar-refractivity contribution is 5.97. The Morgan fingerprint density at radius 3 is 2.37 bits per heavy atom. The summed E-state index contributed by atoms with van der Waals surface area (Å²) in [5.74, 6) is 0.129. The predicted octanol–water partition coefficient (Wildman–Crippen LogP) is 5.29. The zero-order chi connectivity index (χ0) is 28.6. The standard InChI is InChI=1S/C33H43N5O3/c1-33(2,3)41-32(40)37-17-14-25(15-18-37)31(39)38-26(12-11-24-7-4-5-9-29(24)38)23-35-19-21-36(22-20-35)30-10-6-8-28-27(30)13-16-34-28/h4-10,13,16,25-26,34H,11-12,14-15,17-23H2,1-3H3. The van der Waals surface area contributed by atoms with E-state index in [1.54, 1.807) is 4.90 Å². The van der Waals surface area contributed by atoms with Gasteiger partial charge < -0.3 is 24.4 Å². The highest BCUT2D eigenvalue weighted by Gasteiger charge is 2.38. The molecule has 2 fully saturated rings. The second-order valence-corrected chi connectivity index (χ2v) is 12.8. The molecule has 3 aliphatic rings. The van der Waals surface area contributed by atoms with Crippen LogP contribution in [0.2, 0.25) is 0 Å². The molecule has 2 amide bonds. The van der Waals surface area contributed by atoms with Crippen molar-refractivity contribution < 1.29 is 14.3 Å². The second-order valence-electron chi connectivity index (χ2n) is 12.8. The van der Waals surface area contributed by atoms with Crippen LogP contribution in [0.5, 0.6) is 0 Å². The number of ether oxygens (including phenoxy) is 1. The molecular weight excluding hydrogens is 514 g/mol. The number of rotatable bonds is 4. The van der Waals surface area contributed by atoms with Crippen molar-refractivity contribution in [2.45, 2.75) is 58.1 Å². The predicted molar refractivity (Wildman–Crippen MR) is 164 cm³/mol. The lowest BCUT2D eigenvalue weighted by molar-refractivity contribution is -0.124. The van der Waals surface area contributed by atoms with E-state index >= 15 is 0 Å². The molecule has 218 valence electrons. The summed E-state index contributed by atoms with van der Waals surface area (Å²) in [6.07, 6.45) is 5.05. The van der Waals surface area contributed by atoms with Crippen LogP contribution in [0.1, 0.15) is 45.6 Å². The number of benzene rings is 2. The van der Waals surface area contributed by atoms with Gasteiger partial charge in [-0.1, -0.05) is 24.3 Å². The van der Waals surface area contributed by atoms with Crippen molar-refractivity contribution in [3.63, 3.8) is 0 Å². The topological polar surface area (TPSA) is 72.1 Å². The molecule has 4 heterocycles. The summed E-state index contributed by atoms with van der Waals surface area (Å²) in [6.45, 7) is 11.6. The Balaban J connectivity index is 1.12. The third-order valence-electron chi connectivity index (χ3n) is 8.85. The van der Waals surface area contributed by atoms with Gasteiger partial charge in [-0.2, -0.15) is 0 Å². The Bertz CT molecular complexity index is 1380. The minimum absolute atomic E-state index is 0.0824. The van der Waals surface area contributed by atoms with Crippen molar-refractivity contribution in [3.05, 3.63) is 60.3 Å². The monoisotopic (exact) mass is 557 g/mol. The van der Waals surface area contributed by atoms with Gasteiger partial charge in [-0.25, -0.2) is 4.79 Å². The van der Waals surface area contributed by atoms with Gasteiger partial charge in [-0.15, -0.1) is 0 Å². The molecule has 0 radical (unpaired) electrons. The Morgan fingerprint density at radius 1 is 0.878 bits per heavy atom. The molecule has 8 nitrogen and oxygen atoms in total. The number of piperidine rings is 1. The number of nitrogens with zero attached hydrogens (tertiary/aromatic N) is 4. The quantitative estimate of drug-likeness (QED) is 0.472. The third kappa shape index (κ3) is 5.94. The number of aryl methyl sites for hydroxylation is 1. The average molecular weight is 558 g/mol. The van der Waals surface area contributed by atoms with Gasteiger partial charge in [0.05, 0.1) is 0 Å². The van der Waals surface area contributed by atoms with E-state index in [-0.39, 0.29) is 24.0 Å². The highest BCUT2D eigenvalue weighted by atomic mass is 16.6. The maximum Gasteiger partial charge on any atom is 0.410 e. The van der Waals surface area contributed by atoms with Gasteiger partial charge in [0.2, 0.25) is 5.91 Å². The average Bonchev–Trinajstić information content (AvgIpc) is 3.46. The molecule has 0 spiro atoms. The number of fused-ring (bicyclic) bond motifs is 2. The van der Waals surface area contributed by atoms with E-state index in [1.807, 2.05) is 33.0 Å². The summed E-state index contributed by atoms with van der Waals surface area (Å²) in [5, 5.41) is 1.28. The van der Waals surface area contributed by atoms with Crippen LogP contribution in [0, 0.1) is 5.92 Å². The summed E-state index contributed by atoms with van der Waals surface area (Å²) in [4.78, 5) is 39.0. The summed E-state index contributed by atoms with van der Waals surface area (Å²) in [7, 11) is 0. The number of anilines is 2. The van der Waals surface area contributed by atoms with Crippen molar-refractivity contribution in [2.24, 2.45) is 5.92 Å². The molecule has 1 unspecified atom stereocenters. The van der Waals surface area contributed by atoms with Crippen molar-refractivity contribution in [2.75, 3.05) is 55.6 Å². The van der Waals surface area contributed by atoms with E-state index in [9.17, 15) is 9.59 Å². The molecule has 2 aromatic carbocycles. The normalized spacial score (nSPS) is 20.8. The van der Waals surface area contributed by atoms with Gasteiger partial charge in [0.15, 0.2) is 0 Å². The van der Waals surface area contributed by atoms with E-state index in [1.165, 1.54) is 22.2 Å². The molecule has 1 N–H and O–H groups in total. The molecule has 1 atom stereocenters. The fraction of sp³-hybridized carbons (Fsp3) is 0.515. The van der Waals surface area contributed by atoms with Gasteiger partial charge >= 0.3 is 6.09 Å². The molecule has 41 heavy (non-hydrogen) atoms. The number of aromatic amines is 1. The van der Waals surface area contributed by atoms with E-state index in [4.69, 9.17) is 4.74 Å². The van der Waals surface area contributed by atoms with E-state index in [0.29, 0.717) is 25.9 Å². The van der Waals surface area contributed by atoms with Gasteiger partial charge in [0.1, 0.15) is 5.60 Å². The summed E-state index contributed by atoms with van der Waals surface area (Å²) in [6, 6.07) is 17.2. The Hall–Kier alpha value is -3.52. The van der Waals surface area contributed by atoms with Crippen LogP contribution >= 0.6 is 0 Å². The van der Waals surface area contributed by atoms with Crippen LogP contribution in [0.3, 0.4) is 0 Å². The summed E-state index contributed by atoms with van der Waals surface area (Å²) < 4.78 is 5.57. The summed E-state index contributed by atoms with van der Waals surface area (Å²) in [5.41, 5.74) is 4.28. The van der Waals surface area contributed by atoms with Crippen LogP contribution < -0.4 is 9.80 Å². The van der Waals surface area contributed by atoms with Crippen LogP contribution in [-0.4, -0.2) is 84.2 Å². The number of H-pyrrole nitrogens is 1.